The molecule has 2 heterocycles. The number of hydrogen-bond acceptors (Lipinski definition) is 5. The summed E-state index contributed by atoms with van der Waals surface area (Å²) in [5.74, 6) is -0.0705. The number of benzene rings is 2. The second kappa shape index (κ2) is 9.51. The van der Waals surface area contributed by atoms with Gasteiger partial charge in [0.05, 0.1) is 5.52 Å². The molecule has 34 heavy (non-hydrogen) atoms. The normalized spacial score (nSPS) is 12.0. The first-order valence-electron chi connectivity index (χ1n) is 11.3. The van der Waals surface area contributed by atoms with E-state index in [9.17, 15) is 9.59 Å². The summed E-state index contributed by atoms with van der Waals surface area (Å²) in [5, 5.41) is 5.65. The first kappa shape index (κ1) is 23.2. The van der Waals surface area contributed by atoms with Gasteiger partial charge in [-0.3, -0.25) is 20.4 Å². The molecule has 176 valence electrons. The average Bonchev–Trinajstić information content (AvgIpc) is 3.19. The largest absolute Gasteiger partial charge is 0.481 e. The highest BCUT2D eigenvalue weighted by molar-refractivity contribution is 5.92. The second-order valence-corrected chi connectivity index (χ2v) is 8.51. The van der Waals surface area contributed by atoms with E-state index in [1.807, 2.05) is 74.7 Å². The molecule has 0 saturated carbocycles. The molecule has 0 aliphatic heterocycles. The fourth-order valence-corrected chi connectivity index (χ4v) is 3.97. The summed E-state index contributed by atoms with van der Waals surface area (Å²) in [6.45, 7) is 9.49. The summed E-state index contributed by atoms with van der Waals surface area (Å²) in [4.78, 5) is 29.5. The van der Waals surface area contributed by atoms with Crippen molar-refractivity contribution < 1.29 is 14.3 Å². The van der Waals surface area contributed by atoms with Crippen molar-refractivity contribution in [2.75, 3.05) is 0 Å². The van der Waals surface area contributed by atoms with Crippen LogP contribution in [-0.2, 0) is 16.0 Å². The van der Waals surface area contributed by atoms with E-state index in [0.29, 0.717) is 12.2 Å². The van der Waals surface area contributed by atoms with Crippen molar-refractivity contribution in [3.8, 4) is 5.75 Å². The molecule has 1 atom stereocenters. The molecule has 2 N–H and O–H groups in total. The van der Waals surface area contributed by atoms with Gasteiger partial charge in [0.1, 0.15) is 5.75 Å². The van der Waals surface area contributed by atoms with Crippen LogP contribution in [0.25, 0.3) is 16.6 Å². The van der Waals surface area contributed by atoms with Crippen molar-refractivity contribution in [2.24, 2.45) is 0 Å². The number of aromatic nitrogens is 3. The first-order chi connectivity index (χ1) is 16.3. The summed E-state index contributed by atoms with van der Waals surface area (Å²) < 4.78 is 7.60. The molecule has 2 amide bonds. The van der Waals surface area contributed by atoms with Crippen LogP contribution in [0.15, 0.2) is 42.5 Å². The van der Waals surface area contributed by atoms with Crippen LogP contribution in [0.2, 0.25) is 0 Å². The maximum Gasteiger partial charge on any atom is 0.279 e. The van der Waals surface area contributed by atoms with Gasteiger partial charge >= 0.3 is 0 Å². The van der Waals surface area contributed by atoms with Gasteiger partial charge in [0, 0.05) is 23.2 Å². The van der Waals surface area contributed by atoms with Crippen molar-refractivity contribution in [1.82, 2.24) is 25.4 Å². The number of nitrogens with zero attached hydrogens (tertiary/aromatic N) is 3. The zero-order valence-corrected chi connectivity index (χ0v) is 20.1. The van der Waals surface area contributed by atoms with Crippen LogP contribution in [0.4, 0.5) is 0 Å². The van der Waals surface area contributed by atoms with Crippen LogP contribution in [0.5, 0.6) is 5.75 Å². The Bertz CT molecular complexity index is 1390. The molecular weight excluding hydrogens is 430 g/mol. The number of hydrogen-bond donors (Lipinski definition) is 2. The number of aryl methyl sites for hydroxylation is 3. The monoisotopic (exact) mass is 459 g/mol. The average molecular weight is 460 g/mol. The van der Waals surface area contributed by atoms with Crippen molar-refractivity contribution in [3.05, 3.63) is 70.5 Å². The van der Waals surface area contributed by atoms with Gasteiger partial charge in [0.2, 0.25) is 5.91 Å². The van der Waals surface area contributed by atoms with E-state index in [0.717, 1.165) is 44.6 Å². The van der Waals surface area contributed by atoms with Crippen molar-refractivity contribution in [1.29, 1.82) is 0 Å². The van der Waals surface area contributed by atoms with Crippen molar-refractivity contribution >= 4 is 28.4 Å². The maximum atomic E-state index is 12.4. The lowest BCUT2D eigenvalue weighted by atomic mass is 10.1. The third-order valence-electron chi connectivity index (χ3n) is 6.17. The molecule has 0 aliphatic rings. The molecule has 0 saturated heterocycles. The summed E-state index contributed by atoms with van der Waals surface area (Å²) >= 11 is 0. The Kier molecular flexibility index (Phi) is 6.49. The predicted octanol–water partition coefficient (Wildman–Crippen LogP) is 3.66. The third kappa shape index (κ3) is 4.57. The van der Waals surface area contributed by atoms with E-state index in [4.69, 9.17) is 9.72 Å². The summed E-state index contributed by atoms with van der Waals surface area (Å²) in [6.07, 6.45) is -0.0827. The van der Waals surface area contributed by atoms with Crippen LogP contribution in [-0.4, -0.2) is 32.5 Å². The Balaban J connectivity index is 1.36. The highest BCUT2D eigenvalue weighted by atomic mass is 16.5. The van der Waals surface area contributed by atoms with Gasteiger partial charge in [-0.25, -0.2) is 9.50 Å². The number of carbonyl (C=O) groups is 2. The molecule has 2 aromatic carbocycles. The second-order valence-electron chi connectivity index (χ2n) is 8.51. The quantitative estimate of drug-likeness (QED) is 0.429. The standard InChI is InChI=1S/C26H29N5O3/c1-15-9-8-12-23(16(15)2)34-19(5)26(33)29-28-24(32)14-13-20-17(3)27-25-21-10-6-7-11-22(21)30-31(25)18(20)4/h6-12,19H,13-14H2,1-5H3,(H,28,32)(H,29,33). The topological polar surface area (TPSA) is 97.6 Å². The van der Waals surface area contributed by atoms with Crippen LogP contribution in [0.1, 0.15) is 41.4 Å². The zero-order chi connectivity index (χ0) is 24.4. The molecule has 2 aromatic heterocycles. The van der Waals surface area contributed by atoms with Gasteiger partial charge < -0.3 is 4.74 Å². The van der Waals surface area contributed by atoms with Gasteiger partial charge in [0.25, 0.3) is 5.91 Å². The number of nitrogens with one attached hydrogen (secondary N) is 2. The Hall–Kier alpha value is -3.94. The smallest absolute Gasteiger partial charge is 0.279 e. The number of carbonyl (C=O) groups excluding carboxylic acids is 2. The van der Waals surface area contributed by atoms with Gasteiger partial charge in [0.15, 0.2) is 11.8 Å². The lowest BCUT2D eigenvalue weighted by Gasteiger charge is -2.17. The fraction of sp³-hybridized carbons (Fsp3) is 0.308. The molecule has 4 rings (SSSR count). The molecule has 0 aliphatic carbocycles. The van der Waals surface area contributed by atoms with Gasteiger partial charge in [-0.05, 0) is 75.9 Å². The third-order valence-corrected chi connectivity index (χ3v) is 6.17. The van der Waals surface area contributed by atoms with E-state index < -0.39 is 12.0 Å². The van der Waals surface area contributed by atoms with Crippen LogP contribution in [0.3, 0.4) is 0 Å². The lowest BCUT2D eigenvalue weighted by Crippen LogP contribution is -2.47. The van der Waals surface area contributed by atoms with Crippen LogP contribution >= 0.6 is 0 Å². The van der Waals surface area contributed by atoms with E-state index in [1.165, 1.54) is 0 Å². The van der Waals surface area contributed by atoms with Crippen molar-refractivity contribution in [2.45, 2.75) is 53.6 Å². The molecule has 0 bridgehead atoms. The lowest BCUT2D eigenvalue weighted by molar-refractivity contribution is -0.132. The number of hydrazine groups is 1. The number of amides is 2. The Morgan fingerprint density at radius 1 is 1.03 bits per heavy atom. The van der Waals surface area contributed by atoms with Crippen LogP contribution < -0.4 is 15.6 Å². The molecule has 0 fully saturated rings. The molecule has 0 spiro atoms. The fourth-order valence-electron chi connectivity index (χ4n) is 3.97. The van der Waals surface area contributed by atoms with E-state index in [1.54, 1.807) is 6.92 Å². The maximum absolute atomic E-state index is 12.4. The molecular formula is C26H29N5O3. The predicted molar refractivity (Wildman–Crippen MR) is 131 cm³/mol. The Morgan fingerprint density at radius 2 is 1.79 bits per heavy atom. The van der Waals surface area contributed by atoms with Crippen molar-refractivity contribution in [3.63, 3.8) is 0 Å². The minimum absolute atomic E-state index is 0.197. The first-order valence-corrected chi connectivity index (χ1v) is 11.3. The Morgan fingerprint density at radius 3 is 2.59 bits per heavy atom. The molecule has 4 aromatic rings. The van der Waals surface area contributed by atoms with Gasteiger partial charge in [-0.2, -0.15) is 5.10 Å². The van der Waals surface area contributed by atoms with E-state index >= 15 is 0 Å². The molecule has 8 nitrogen and oxygen atoms in total. The van der Waals surface area contributed by atoms with E-state index in [-0.39, 0.29) is 12.3 Å². The Labute approximate surface area is 198 Å². The zero-order valence-electron chi connectivity index (χ0n) is 20.1. The minimum atomic E-state index is -0.758. The molecule has 0 radical (unpaired) electrons. The molecule has 1 unspecified atom stereocenters. The van der Waals surface area contributed by atoms with Gasteiger partial charge in [-0.15, -0.1) is 0 Å². The summed E-state index contributed by atoms with van der Waals surface area (Å²) in [5.41, 5.74) is 11.5. The highest BCUT2D eigenvalue weighted by Gasteiger charge is 2.18. The van der Waals surface area contributed by atoms with E-state index in [2.05, 4.69) is 16.0 Å². The SMILES string of the molecule is Cc1cccc(OC(C)C(=O)NNC(=O)CCc2c(C)nc3c4ccccc4nn3c2C)c1C. The van der Waals surface area contributed by atoms with Crippen LogP contribution in [0, 0.1) is 27.7 Å². The summed E-state index contributed by atoms with van der Waals surface area (Å²) in [6, 6.07) is 13.6. The number of ether oxygens (including phenoxy) is 1. The van der Waals surface area contributed by atoms with Gasteiger partial charge in [-0.1, -0.05) is 24.3 Å². The highest BCUT2D eigenvalue weighted by Crippen LogP contribution is 2.23. The minimum Gasteiger partial charge on any atom is -0.481 e. The summed E-state index contributed by atoms with van der Waals surface area (Å²) in [7, 11) is 0. The molecule has 8 heteroatoms. The number of rotatable bonds is 6. The number of fused-ring (bicyclic) bond motifs is 3.